The predicted octanol–water partition coefficient (Wildman–Crippen LogP) is 3.94. The minimum Gasteiger partial charge on any atom is -0.245 e. The van der Waals surface area contributed by atoms with Gasteiger partial charge in [-0.05, 0) is 25.1 Å². The summed E-state index contributed by atoms with van der Waals surface area (Å²) in [5.41, 5.74) is -0.444. The molecule has 0 bridgehead atoms. The fourth-order valence-electron chi connectivity index (χ4n) is 1.85. The van der Waals surface area contributed by atoms with Crippen LogP contribution in [0.5, 0.6) is 0 Å². The molecule has 1 heterocycles. The van der Waals surface area contributed by atoms with Crippen molar-refractivity contribution in [2.75, 3.05) is 7.05 Å². The van der Waals surface area contributed by atoms with Gasteiger partial charge in [-0.1, -0.05) is 11.6 Å². The number of hydrogen-bond acceptors (Lipinski definition) is 4. The van der Waals surface area contributed by atoms with Crippen molar-refractivity contribution >= 4 is 33.0 Å². The SMILES string of the molecule is Cc1nc(CN(C)S(=O)(=O)c2ccc(C(F)(F)F)cc2Cl)cs1. The average molecular weight is 385 g/mol. The van der Waals surface area contributed by atoms with Gasteiger partial charge in [0.2, 0.25) is 10.0 Å². The highest BCUT2D eigenvalue weighted by molar-refractivity contribution is 7.89. The van der Waals surface area contributed by atoms with E-state index in [2.05, 4.69) is 4.98 Å². The van der Waals surface area contributed by atoms with E-state index in [-0.39, 0.29) is 11.4 Å². The highest BCUT2D eigenvalue weighted by Crippen LogP contribution is 2.34. The highest BCUT2D eigenvalue weighted by atomic mass is 35.5. The van der Waals surface area contributed by atoms with Gasteiger partial charge < -0.3 is 0 Å². The zero-order chi connectivity index (χ0) is 17.4. The van der Waals surface area contributed by atoms with Crippen molar-refractivity contribution in [3.05, 3.63) is 44.9 Å². The van der Waals surface area contributed by atoms with Crippen molar-refractivity contribution in [3.8, 4) is 0 Å². The van der Waals surface area contributed by atoms with E-state index in [0.717, 1.165) is 15.4 Å². The third kappa shape index (κ3) is 4.03. The molecule has 0 spiro atoms. The number of sulfonamides is 1. The molecule has 0 radical (unpaired) electrons. The minimum absolute atomic E-state index is 0.00399. The first kappa shape index (κ1) is 18.2. The molecule has 2 rings (SSSR count). The van der Waals surface area contributed by atoms with Crippen LogP contribution in [0.15, 0.2) is 28.5 Å². The summed E-state index contributed by atoms with van der Waals surface area (Å²) in [6.45, 7) is 1.79. The molecule has 1 aromatic heterocycles. The summed E-state index contributed by atoms with van der Waals surface area (Å²) >= 11 is 7.13. The third-order valence-electron chi connectivity index (χ3n) is 3.00. The van der Waals surface area contributed by atoms with Gasteiger partial charge in [-0.25, -0.2) is 13.4 Å². The number of benzene rings is 1. The van der Waals surface area contributed by atoms with Crippen LogP contribution in [-0.2, 0) is 22.7 Å². The van der Waals surface area contributed by atoms with Gasteiger partial charge in [0.15, 0.2) is 0 Å². The highest BCUT2D eigenvalue weighted by Gasteiger charge is 2.33. The summed E-state index contributed by atoms with van der Waals surface area (Å²) in [5, 5.41) is 2.04. The summed E-state index contributed by atoms with van der Waals surface area (Å²) in [7, 11) is -2.70. The van der Waals surface area contributed by atoms with Crippen LogP contribution in [0.2, 0.25) is 5.02 Å². The largest absolute Gasteiger partial charge is 0.416 e. The number of alkyl halides is 3. The van der Waals surface area contributed by atoms with Gasteiger partial charge in [-0.3, -0.25) is 0 Å². The van der Waals surface area contributed by atoms with E-state index < -0.39 is 26.8 Å². The van der Waals surface area contributed by atoms with Crippen molar-refractivity contribution in [2.24, 2.45) is 0 Å². The van der Waals surface area contributed by atoms with Crippen LogP contribution in [0.3, 0.4) is 0 Å². The second-order valence-electron chi connectivity index (χ2n) is 4.76. The van der Waals surface area contributed by atoms with E-state index in [1.54, 1.807) is 12.3 Å². The molecular formula is C13H12ClF3N2O2S2. The molecule has 0 fully saturated rings. The molecule has 0 aliphatic rings. The van der Waals surface area contributed by atoms with E-state index in [4.69, 9.17) is 11.6 Å². The fourth-order valence-corrected chi connectivity index (χ4v) is 4.11. The Morgan fingerprint density at radius 2 is 2.00 bits per heavy atom. The lowest BCUT2D eigenvalue weighted by molar-refractivity contribution is -0.137. The normalized spacial score (nSPS) is 12.8. The van der Waals surface area contributed by atoms with Crippen LogP contribution < -0.4 is 0 Å². The van der Waals surface area contributed by atoms with Crippen LogP contribution >= 0.6 is 22.9 Å². The van der Waals surface area contributed by atoms with Crippen molar-refractivity contribution in [1.82, 2.24) is 9.29 Å². The summed E-state index contributed by atoms with van der Waals surface area (Å²) in [6.07, 6.45) is -4.59. The molecule has 126 valence electrons. The summed E-state index contributed by atoms with van der Waals surface area (Å²) in [5.74, 6) is 0. The van der Waals surface area contributed by atoms with E-state index in [9.17, 15) is 21.6 Å². The molecule has 0 saturated carbocycles. The summed E-state index contributed by atoms with van der Waals surface area (Å²) < 4.78 is 63.8. The third-order valence-corrected chi connectivity index (χ3v) is 6.11. The van der Waals surface area contributed by atoms with Crippen molar-refractivity contribution < 1.29 is 21.6 Å². The van der Waals surface area contributed by atoms with Crippen molar-refractivity contribution in [2.45, 2.75) is 24.5 Å². The molecule has 1 aromatic carbocycles. The standard InChI is InChI=1S/C13H12ClF3N2O2S2/c1-8-18-10(7-22-8)6-19(2)23(20,21)12-4-3-9(5-11(12)14)13(15,16)17/h3-5,7H,6H2,1-2H3. The van der Waals surface area contributed by atoms with Gasteiger partial charge >= 0.3 is 6.18 Å². The van der Waals surface area contributed by atoms with Gasteiger partial charge in [0.25, 0.3) is 0 Å². The number of thiazole rings is 1. The van der Waals surface area contributed by atoms with E-state index in [0.29, 0.717) is 17.8 Å². The number of halogens is 4. The Hall–Kier alpha value is -1.16. The topological polar surface area (TPSA) is 50.3 Å². The molecule has 23 heavy (non-hydrogen) atoms. The molecule has 0 N–H and O–H groups in total. The van der Waals surface area contributed by atoms with E-state index in [1.807, 2.05) is 0 Å². The first-order chi connectivity index (χ1) is 10.5. The molecular weight excluding hydrogens is 373 g/mol. The average Bonchev–Trinajstić information content (AvgIpc) is 2.82. The second kappa shape index (κ2) is 6.39. The Balaban J connectivity index is 2.32. The second-order valence-corrected chi connectivity index (χ2v) is 8.24. The maximum Gasteiger partial charge on any atom is 0.416 e. The smallest absolute Gasteiger partial charge is 0.245 e. The van der Waals surface area contributed by atoms with Crippen LogP contribution in [-0.4, -0.2) is 24.8 Å². The lowest BCUT2D eigenvalue weighted by Crippen LogP contribution is -2.27. The van der Waals surface area contributed by atoms with Crippen LogP contribution in [0.25, 0.3) is 0 Å². The van der Waals surface area contributed by atoms with Crippen LogP contribution in [0, 0.1) is 6.92 Å². The number of hydrogen-bond donors (Lipinski definition) is 0. The summed E-state index contributed by atoms with van der Waals surface area (Å²) in [6, 6.07) is 2.16. The van der Waals surface area contributed by atoms with Gasteiger partial charge in [0, 0.05) is 12.4 Å². The zero-order valence-electron chi connectivity index (χ0n) is 12.1. The quantitative estimate of drug-likeness (QED) is 0.802. The lowest BCUT2D eigenvalue weighted by Gasteiger charge is -2.17. The Morgan fingerprint density at radius 3 is 2.48 bits per heavy atom. The molecule has 0 saturated heterocycles. The number of aryl methyl sites for hydroxylation is 1. The molecule has 10 heteroatoms. The molecule has 0 atom stereocenters. The van der Waals surface area contributed by atoms with E-state index >= 15 is 0 Å². The lowest BCUT2D eigenvalue weighted by atomic mass is 10.2. The van der Waals surface area contributed by atoms with Crippen molar-refractivity contribution in [1.29, 1.82) is 0 Å². The molecule has 2 aromatic rings. The van der Waals surface area contributed by atoms with Gasteiger partial charge in [-0.2, -0.15) is 17.5 Å². The zero-order valence-corrected chi connectivity index (χ0v) is 14.4. The number of aromatic nitrogens is 1. The van der Waals surface area contributed by atoms with E-state index in [1.165, 1.54) is 18.4 Å². The Morgan fingerprint density at radius 1 is 1.35 bits per heavy atom. The number of nitrogens with zero attached hydrogens (tertiary/aromatic N) is 2. The predicted molar refractivity (Wildman–Crippen MR) is 82.0 cm³/mol. The van der Waals surface area contributed by atoms with Crippen molar-refractivity contribution in [3.63, 3.8) is 0 Å². The first-order valence-corrected chi connectivity index (χ1v) is 8.95. The van der Waals surface area contributed by atoms with Gasteiger partial charge in [-0.15, -0.1) is 11.3 Å². The Kier molecular flexibility index (Phi) is 5.05. The monoisotopic (exact) mass is 384 g/mol. The Bertz CT molecular complexity index is 819. The summed E-state index contributed by atoms with van der Waals surface area (Å²) in [4.78, 5) is 3.78. The minimum atomic E-state index is -4.59. The maximum atomic E-state index is 12.6. The molecule has 0 amide bonds. The van der Waals surface area contributed by atoms with Crippen LogP contribution in [0.1, 0.15) is 16.3 Å². The molecule has 0 aliphatic heterocycles. The fraction of sp³-hybridized carbons (Fsp3) is 0.308. The molecule has 0 aliphatic carbocycles. The Labute approximate surface area is 140 Å². The van der Waals surface area contributed by atoms with Gasteiger partial charge in [0.1, 0.15) is 4.90 Å². The van der Waals surface area contributed by atoms with Crippen LogP contribution in [0.4, 0.5) is 13.2 Å². The molecule has 0 unspecified atom stereocenters. The maximum absolute atomic E-state index is 12.6. The first-order valence-electron chi connectivity index (χ1n) is 6.26. The number of rotatable bonds is 4. The molecule has 4 nitrogen and oxygen atoms in total. The van der Waals surface area contributed by atoms with Gasteiger partial charge in [0.05, 0.1) is 27.8 Å².